The molecule has 0 amide bonds. The summed E-state index contributed by atoms with van der Waals surface area (Å²) < 4.78 is 4.65. The summed E-state index contributed by atoms with van der Waals surface area (Å²) in [5, 5.41) is 19.0. The van der Waals surface area contributed by atoms with Gasteiger partial charge in [0.15, 0.2) is 0 Å². The lowest BCUT2D eigenvalue weighted by Gasteiger charge is -2.11. The topological polar surface area (TPSA) is 121 Å². The minimum absolute atomic E-state index is 0.166. The maximum absolute atomic E-state index is 11.1. The van der Waals surface area contributed by atoms with E-state index in [1.807, 2.05) is 30.3 Å². The molecule has 0 bridgehead atoms. The lowest BCUT2D eigenvalue weighted by atomic mass is 10.1. The molecule has 2 aromatic carbocycles. The maximum atomic E-state index is 11.1. The number of hydrogen-bond donors (Lipinski definition) is 4. The number of phenolic OH excluding ortho intramolecular Hbond substituents is 1. The lowest BCUT2D eigenvalue weighted by molar-refractivity contribution is -0.140. The van der Waals surface area contributed by atoms with Gasteiger partial charge in [-0.05, 0) is 49.2 Å². The van der Waals surface area contributed by atoms with Gasteiger partial charge in [0.1, 0.15) is 5.75 Å². The first-order chi connectivity index (χ1) is 15.6. The van der Waals surface area contributed by atoms with Crippen LogP contribution in [-0.4, -0.2) is 39.7 Å². The summed E-state index contributed by atoms with van der Waals surface area (Å²) in [6.45, 7) is 0.700. The van der Waals surface area contributed by atoms with Gasteiger partial charge in [-0.3, -0.25) is 4.79 Å². The van der Waals surface area contributed by atoms with E-state index in [9.17, 15) is 9.90 Å². The number of aromatic hydroxyl groups is 1. The van der Waals surface area contributed by atoms with Crippen LogP contribution in [0, 0.1) is 0 Å². The Hall–Kier alpha value is -3.88. The first-order valence-electron chi connectivity index (χ1n) is 10.6. The van der Waals surface area contributed by atoms with Gasteiger partial charge in [0.2, 0.25) is 17.8 Å². The fourth-order valence-corrected chi connectivity index (χ4v) is 2.94. The van der Waals surface area contributed by atoms with Gasteiger partial charge in [-0.1, -0.05) is 31.0 Å². The van der Waals surface area contributed by atoms with Crippen LogP contribution in [0.5, 0.6) is 5.75 Å². The fraction of sp³-hybridized carbons (Fsp3) is 0.304. The highest BCUT2D eigenvalue weighted by Crippen LogP contribution is 2.20. The van der Waals surface area contributed by atoms with Crippen LogP contribution in [-0.2, 0) is 9.53 Å². The Labute approximate surface area is 187 Å². The van der Waals surface area contributed by atoms with Gasteiger partial charge >= 0.3 is 5.97 Å². The Balaban J connectivity index is 1.61. The van der Waals surface area contributed by atoms with E-state index < -0.39 is 0 Å². The predicted molar refractivity (Wildman–Crippen MR) is 125 cm³/mol. The normalized spacial score (nSPS) is 10.4. The molecule has 0 aliphatic heterocycles. The van der Waals surface area contributed by atoms with E-state index in [0.29, 0.717) is 30.8 Å². The second kappa shape index (κ2) is 12.1. The van der Waals surface area contributed by atoms with Crippen molar-refractivity contribution in [1.29, 1.82) is 0 Å². The average molecular weight is 437 g/mol. The third-order valence-electron chi connectivity index (χ3n) is 4.61. The highest BCUT2D eigenvalue weighted by molar-refractivity contribution is 5.69. The standard InChI is InChI=1S/C23H28N6O3/c1-32-20(31)11-7-2-3-8-16-24-21-27-22(25-17-9-5-4-6-10-17)29-23(28-21)26-18-12-14-19(30)15-13-18/h4-6,9-10,12-15,30H,2-3,7-8,11,16H2,1H3,(H3,24,25,26,27,28,29). The summed E-state index contributed by atoms with van der Waals surface area (Å²) in [5.41, 5.74) is 1.61. The number of para-hydroxylation sites is 1. The predicted octanol–water partition coefficient (Wildman–Crippen LogP) is 4.60. The van der Waals surface area contributed by atoms with Crippen LogP contribution in [0.3, 0.4) is 0 Å². The zero-order chi connectivity index (χ0) is 22.6. The number of ether oxygens (including phenoxy) is 1. The number of aromatic nitrogens is 3. The van der Waals surface area contributed by atoms with Crippen LogP contribution < -0.4 is 16.0 Å². The van der Waals surface area contributed by atoms with Gasteiger partial charge in [0.25, 0.3) is 0 Å². The SMILES string of the molecule is COC(=O)CCCCCCNc1nc(Nc2ccccc2)nc(Nc2ccc(O)cc2)n1. The minimum atomic E-state index is -0.166. The highest BCUT2D eigenvalue weighted by Gasteiger charge is 2.08. The Kier molecular flexibility index (Phi) is 8.61. The Morgan fingerprint density at radius 2 is 1.41 bits per heavy atom. The zero-order valence-corrected chi connectivity index (χ0v) is 18.0. The van der Waals surface area contributed by atoms with E-state index in [4.69, 9.17) is 0 Å². The van der Waals surface area contributed by atoms with E-state index in [2.05, 4.69) is 35.6 Å². The molecule has 3 rings (SSSR count). The largest absolute Gasteiger partial charge is 0.508 e. The summed E-state index contributed by atoms with van der Waals surface area (Å²) in [5.74, 6) is 1.26. The van der Waals surface area contributed by atoms with Gasteiger partial charge in [-0.25, -0.2) is 0 Å². The highest BCUT2D eigenvalue weighted by atomic mass is 16.5. The molecule has 0 saturated heterocycles. The maximum Gasteiger partial charge on any atom is 0.305 e. The molecule has 9 heteroatoms. The van der Waals surface area contributed by atoms with Crippen molar-refractivity contribution >= 4 is 35.2 Å². The number of nitrogens with one attached hydrogen (secondary N) is 3. The molecular formula is C23H28N6O3. The van der Waals surface area contributed by atoms with Crippen molar-refractivity contribution < 1.29 is 14.6 Å². The van der Waals surface area contributed by atoms with Gasteiger partial charge in [0.05, 0.1) is 7.11 Å². The number of phenols is 1. The number of esters is 1. The Bertz CT molecular complexity index is 983. The molecule has 0 spiro atoms. The average Bonchev–Trinajstić information content (AvgIpc) is 2.80. The van der Waals surface area contributed by atoms with Crippen LogP contribution >= 0.6 is 0 Å². The molecule has 1 aromatic heterocycles. The van der Waals surface area contributed by atoms with Gasteiger partial charge < -0.3 is 25.8 Å². The number of unbranched alkanes of at least 4 members (excludes halogenated alkanes) is 3. The molecule has 0 unspecified atom stereocenters. The lowest BCUT2D eigenvalue weighted by Crippen LogP contribution is -2.10. The Morgan fingerprint density at radius 1 is 0.812 bits per heavy atom. The number of carbonyl (C=O) groups is 1. The van der Waals surface area contributed by atoms with Crippen molar-refractivity contribution in [3.05, 3.63) is 54.6 Å². The van der Waals surface area contributed by atoms with Gasteiger partial charge in [-0.2, -0.15) is 15.0 Å². The summed E-state index contributed by atoms with van der Waals surface area (Å²) >= 11 is 0. The quantitative estimate of drug-likeness (QED) is 0.183. The molecule has 0 atom stereocenters. The molecule has 3 aromatic rings. The second-order valence-corrected chi connectivity index (χ2v) is 7.14. The molecular weight excluding hydrogens is 408 g/mol. The number of hydrogen-bond acceptors (Lipinski definition) is 9. The second-order valence-electron chi connectivity index (χ2n) is 7.14. The molecule has 0 aliphatic carbocycles. The molecule has 0 radical (unpaired) electrons. The third kappa shape index (κ3) is 7.75. The summed E-state index contributed by atoms with van der Waals surface area (Å²) in [7, 11) is 1.41. The fourth-order valence-electron chi connectivity index (χ4n) is 2.94. The zero-order valence-electron chi connectivity index (χ0n) is 18.0. The monoisotopic (exact) mass is 436 g/mol. The number of rotatable bonds is 12. The van der Waals surface area contributed by atoms with Crippen molar-refractivity contribution in [1.82, 2.24) is 15.0 Å². The van der Waals surface area contributed by atoms with E-state index in [1.165, 1.54) is 7.11 Å². The smallest absolute Gasteiger partial charge is 0.305 e. The van der Waals surface area contributed by atoms with E-state index in [-0.39, 0.29) is 11.7 Å². The van der Waals surface area contributed by atoms with Gasteiger partial charge in [0, 0.05) is 24.3 Å². The summed E-state index contributed by atoms with van der Waals surface area (Å²) in [6, 6.07) is 16.3. The number of benzene rings is 2. The number of nitrogens with zero attached hydrogens (tertiary/aromatic N) is 3. The summed E-state index contributed by atoms with van der Waals surface area (Å²) in [4.78, 5) is 24.5. The molecule has 0 saturated carbocycles. The number of methoxy groups -OCH3 is 1. The first-order valence-corrected chi connectivity index (χ1v) is 10.6. The molecule has 4 N–H and O–H groups in total. The Morgan fingerprint density at radius 3 is 2.06 bits per heavy atom. The first kappa shape index (κ1) is 22.8. The molecule has 0 aliphatic rings. The summed E-state index contributed by atoms with van der Waals surface area (Å²) in [6.07, 6.45) is 4.16. The number of carbonyl (C=O) groups excluding carboxylic acids is 1. The van der Waals surface area contributed by atoms with E-state index in [0.717, 1.165) is 37.1 Å². The van der Waals surface area contributed by atoms with Crippen LogP contribution in [0.25, 0.3) is 0 Å². The van der Waals surface area contributed by atoms with Crippen LogP contribution in [0.15, 0.2) is 54.6 Å². The molecule has 0 fully saturated rings. The van der Waals surface area contributed by atoms with E-state index in [1.54, 1.807) is 24.3 Å². The van der Waals surface area contributed by atoms with Crippen molar-refractivity contribution in [2.45, 2.75) is 32.1 Å². The number of anilines is 5. The van der Waals surface area contributed by atoms with Crippen LogP contribution in [0.2, 0.25) is 0 Å². The molecule has 168 valence electrons. The molecule has 9 nitrogen and oxygen atoms in total. The van der Waals surface area contributed by atoms with Crippen molar-refractivity contribution in [2.75, 3.05) is 29.6 Å². The van der Waals surface area contributed by atoms with Crippen molar-refractivity contribution in [3.63, 3.8) is 0 Å². The van der Waals surface area contributed by atoms with Crippen LogP contribution in [0.4, 0.5) is 29.2 Å². The third-order valence-corrected chi connectivity index (χ3v) is 4.61. The molecule has 1 heterocycles. The van der Waals surface area contributed by atoms with Crippen LogP contribution in [0.1, 0.15) is 32.1 Å². The van der Waals surface area contributed by atoms with Crippen molar-refractivity contribution in [3.8, 4) is 5.75 Å². The van der Waals surface area contributed by atoms with Crippen molar-refractivity contribution in [2.24, 2.45) is 0 Å². The molecule has 32 heavy (non-hydrogen) atoms. The van der Waals surface area contributed by atoms with E-state index >= 15 is 0 Å². The van der Waals surface area contributed by atoms with Gasteiger partial charge in [-0.15, -0.1) is 0 Å². The minimum Gasteiger partial charge on any atom is -0.508 e.